The van der Waals surface area contributed by atoms with Crippen LogP contribution in [0, 0.1) is 5.92 Å². The number of nitrogens with two attached hydrogens (primary N) is 1. The quantitative estimate of drug-likeness (QED) is 0.432. The van der Waals surface area contributed by atoms with Crippen molar-refractivity contribution < 1.29 is 19.1 Å². The molecule has 0 heterocycles. The van der Waals surface area contributed by atoms with Gasteiger partial charge in [-0.25, -0.2) is 4.79 Å². The maximum atomic E-state index is 12.7. The van der Waals surface area contributed by atoms with E-state index in [1.807, 2.05) is 50.2 Å². The fourth-order valence-electron chi connectivity index (χ4n) is 4.02. The minimum absolute atomic E-state index is 0. The number of halogens is 1. The van der Waals surface area contributed by atoms with Crippen LogP contribution >= 0.6 is 12.4 Å². The molecule has 0 radical (unpaired) electrons. The lowest BCUT2D eigenvalue weighted by Crippen LogP contribution is -2.54. The van der Waals surface area contributed by atoms with E-state index < -0.39 is 24.1 Å². The molecule has 2 aromatic rings. The molecule has 184 valence electrons. The number of hydrogen-bond acceptors (Lipinski definition) is 5. The van der Waals surface area contributed by atoms with Crippen molar-refractivity contribution in [2.24, 2.45) is 11.7 Å². The largest absolute Gasteiger partial charge is 0.449 e. The first-order valence-electron chi connectivity index (χ1n) is 11.2. The Labute approximate surface area is 206 Å². The van der Waals surface area contributed by atoms with E-state index in [4.69, 9.17) is 10.5 Å². The molecule has 3 rings (SSSR count). The number of benzene rings is 2. The molecule has 1 aliphatic rings. The lowest BCUT2D eigenvalue weighted by atomic mass is 9.98. The number of hydrogen-bond donors (Lipinski definition) is 4. The number of carbonyl (C=O) groups is 3. The molecule has 1 aliphatic carbocycles. The standard InChI is InChI=1S/C25H32N4O4.ClH/c1-15(2)22(24(31)28-16(3)23(30)27-13-12-26)29-25(32)33-14-21-19-10-6-4-8-17(19)18-9-5-7-11-20(18)21;/h4-11,15-16,21-22H,12-14,26H2,1-3H3,(H,27,30)(H,28,31)(H,29,32);1H/t16-,22-;/m0./s1. The first kappa shape index (κ1) is 27.1. The second kappa shape index (κ2) is 12.4. The molecule has 0 aromatic heterocycles. The molecule has 2 aromatic carbocycles. The Bertz CT molecular complexity index is 968. The van der Waals surface area contributed by atoms with Crippen LogP contribution in [0.5, 0.6) is 0 Å². The van der Waals surface area contributed by atoms with Crippen molar-refractivity contribution in [3.8, 4) is 11.1 Å². The van der Waals surface area contributed by atoms with Crippen LogP contribution in [0.25, 0.3) is 11.1 Å². The average Bonchev–Trinajstić information content (AvgIpc) is 3.13. The molecular formula is C25H33ClN4O4. The van der Waals surface area contributed by atoms with Crippen LogP contribution in [0.2, 0.25) is 0 Å². The van der Waals surface area contributed by atoms with Gasteiger partial charge in [0.05, 0.1) is 0 Å². The van der Waals surface area contributed by atoms with Crippen LogP contribution in [0.1, 0.15) is 37.8 Å². The summed E-state index contributed by atoms with van der Waals surface area (Å²) in [5.74, 6) is -1.06. The molecule has 0 saturated carbocycles. The van der Waals surface area contributed by atoms with Gasteiger partial charge in [0.2, 0.25) is 11.8 Å². The molecule has 0 bridgehead atoms. The highest BCUT2D eigenvalue weighted by molar-refractivity contribution is 5.91. The van der Waals surface area contributed by atoms with Crippen LogP contribution in [0.3, 0.4) is 0 Å². The van der Waals surface area contributed by atoms with E-state index in [1.165, 1.54) is 0 Å². The van der Waals surface area contributed by atoms with E-state index in [0.717, 1.165) is 22.3 Å². The highest BCUT2D eigenvalue weighted by Crippen LogP contribution is 2.44. The van der Waals surface area contributed by atoms with Gasteiger partial charge in [-0.2, -0.15) is 0 Å². The molecule has 0 aliphatic heterocycles. The first-order valence-corrected chi connectivity index (χ1v) is 11.2. The number of nitrogens with one attached hydrogen (secondary N) is 3. The monoisotopic (exact) mass is 488 g/mol. The number of alkyl carbamates (subject to hydrolysis) is 1. The third-order valence-corrected chi connectivity index (χ3v) is 5.76. The number of fused-ring (bicyclic) bond motifs is 3. The predicted octanol–water partition coefficient (Wildman–Crippen LogP) is 2.55. The molecule has 9 heteroatoms. The summed E-state index contributed by atoms with van der Waals surface area (Å²) in [5.41, 5.74) is 9.89. The molecule has 5 N–H and O–H groups in total. The fourth-order valence-corrected chi connectivity index (χ4v) is 4.02. The molecular weight excluding hydrogens is 456 g/mol. The minimum atomic E-state index is -0.842. The van der Waals surface area contributed by atoms with E-state index in [0.29, 0.717) is 13.1 Å². The van der Waals surface area contributed by atoms with Gasteiger partial charge in [-0.1, -0.05) is 62.4 Å². The topological polar surface area (TPSA) is 123 Å². The zero-order valence-corrected chi connectivity index (χ0v) is 20.5. The second-order valence-corrected chi connectivity index (χ2v) is 8.50. The van der Waals surface area contributed by atoms with Gasteiger partial charge in [-0.15, -0.1) is 12.4 Å². The first-order chi connectivity index (χ1) is 15.8. The fraction of sp³-hybridized carbons (Fsp3) is 0.400. The average molecular weight is 489 g/mol. The summed E-state index contributed by atoms with van der Waals surface area (Å²) < 4.78 is 5.55. The van der Waals surface area contributed by atoms with Gasteiger partial charge in [0.1, 0.15) is 18.7 Å². The molecule has 8 nitrogen and oxygen atoms in total. The van der Waals surface area contributed by atoms with E-state index in [-0.39, 0.29) is 36.8 Å². The number of rotatable bonds is 9. The normalized spacial score (nSPS) is 13.7. The van der Waals surface area contributed by atoms with Gasteiger partial charge in [0.15, 0.2) is 0 Å². The van der Waals surface area contributed by atoms with Crippen LogP contribution in [0.4, 0.5) is 4.79 Å². The van der Waals surface area contributed by atoms with Crippen LogP contribution in [-0.2, 0) is 14.3 Å². The molecule has 3 amide bonds. The number of amides is 3. The third kappa shape index (κ3) is 6.27. The smallest absolute Gasteiger partial charge is 0.407 e. The zero-order chi connectivity index (χ0) is 24.0. The molecule has 34 heavy (non-hydrogen) atoms. The van der Waals surface area contributed by atoms with Gasteiger partial charge < -0.3 is 26.4 Å². The summed E-state index contributed by atoms with van der Waals surface area (Å²) in [6, 6.07) is 14.6. The van der Waals surface area contributed by atoms with E-state index in [9.17, 15) is 14.4 Å². The van der Waals surface area contributed by atoms with E-state index in [2.05, 4.69) is 28.1 Å². The lowest BCUT2D eigenvalue weighted by Gasteiger charge is -2.24. The Morgan fingerprint density at radius 3 is 2.00 bits per heavy atom. The summed E-state index contributed by atoms with van der Waals surface area (Å²) >= 11 is 0. The number of carbonyl (C=O) groups excluding carboxylic acids is 3. The van der Waals surface area contributed by atoms with Crippen molar-refractivity contribution >= 4 is 30.3 Å². The maximum absolute atomic E-state index is 12.7. The summed E-state index contributed by atoms with van der Waals surface area (Å²) in [4.78, 5) is 37.3. The Balaban J connectivity index is 0.00000408. The minimum Gasteiger partial charge on any atom is -0.449 e. The summed E-state index contributed by atoms with van der Waals surface area (Å²) in [6.45, 7) is 5.99. The van der Waals surface area contributed by atoms with Gasteiger partial charge in [0, 0.05) is 19.0 Å². The van der Waals surface area contributed by atoms with Crippen molar-refractivity contribution in [1.29, 1.82) is 0 Å². The van der Waals surface area contributed by atoms with Crippen molar-refractivity contribution in [2.45, 2.75) is 38.8 Å². The van der Waals surface area contributed by atoms with Crippen LogP contribution in [-0.4, -0.2) is 49.7 Å². The van der Waals surface area contributed by atoms with Gasteiger partial charge in [-0.05, 0) is 35.1 Å². The van der Waals surface area contributed by atoms with Crippen LogP contribution < -0.4 is 21.7 Å². The Kier molecular flexibility index (Phi) is 9.89. The lowest BCUT2D eigenvalue weighted by molar-refractivity contribution is -0.130. The summed E-state index contributed by atoms with van der Waals surface area (Å²) in [7, 11) is 0. The maximum Gasteiger partial charge on any atom is 0.407 e. The predicted molar refractivity (Wildman–Crippen MR) is 134 cm³/mol. The third-order valence-electron chi connectivity index (χ3n) is 5.76. The zero-order valence-electron chi connectivity index (χ0n) is 19.7. The van der Waals surface area contributed by atoms with E-state index >= 15 is 0 Å². The SMILES string of the molecule is CC(C)[C@H](NC(=O)OCC1c2ccccc2-c2ccccc21)C(=O)N[C@@H](C)C(=O)NCCN.Cl. The van der Waals surface area contributed by atoms with Crippen molar-refractivity contribution in [2.75, 3.05) is 19.7 Å². The molecule has 0 fully saturated rings. The summed E-state index contributed by atoms with van der Waals surface area (Å²) in [5, 5.41) is 7.91. The van der Waals surface area contributed by atoms with E-state index in [1.54, 1.807) is 6.92 Å². The Hall–Kier alpha value is -3.10. The van der Waals surface area contributed by atoms with Crippen LogP contribution in [0.15, 0.2) is 48.5 Å². The van der Waals surface area contributed by atoms with Gasteiger partial charge in [0.25, 0.3) is 0 Å². The van der Waals surface area contributed by atoms with Crippen molar-refractivity contribution in [3.63, 3.8) is 0 Å². The molecule has 0 unspecified atom stereocenters. The van der Waals surface area contributed by atoms with Crippen molar-refractivity contribution in [1.82, 2.24) is 16.0 Å². The van der Waals surface area contributed by atoms with Gasteiger partial charge in [-0.3, -0.25) is 9.59 Å². The van der Waals surface area contributed by atoms with Gasteiger partial charge >= 0.3 is 6.09 Å². The molecule has 0 saturated heterocycles. The highest BCUT2D eigenvalue weighted by Gasteiger charge is 2.31. The van der Waals surface area contributed by atoms with Crippen molar-refractivity contribution in [3.05, 3.63) is 59.7 Å². The number of ether oxygens (including phenoxy) is 1. The second-order valence-electron chi connectivity index (χ2n) is 8.50. The molecule has 0 spiro atoms. The molecule has 2 atom stereocenters. The Morgan fingerprint density at radius 1 is 0.912 bits per heavy atom. The summed E-state index contributed by atoms with van der Waals surface area (Å²) in [6.07, 6.45) is -0.675. The Morgan fingerprint density at radius 2 is 1.47 bits per heavy atom. The highest BCUT2D eigenvalue weighted by atomic mass is 35.5.